The molecule has 0 bridgehead atoms. The fourth-order valence-corrected chi connectivity index (χ4v) is 2.22. The van der Waals surface area contributed by atoms with Crippen LogP contribution in [0.15, 0.2) is 28.7 Å². The Morgan fingerprint density at radius 3 is 2.67 bits per heavy atom. The lowest BCUT2D eigenvalue weighted by atomic mass is 9.87. The highest BCUT2D eigenvalue weighted by Gasteiger charge is 2.33. The molecule has 0 saturated carbocycles. The Balaban J connectivity index is 0.00000289. The lowest BCUT2D eigenvalue weighted by Gasteiger charge is -2.24. The molecule has 0 aliphatic heterocycles. The van der Waals surface area contributed by atoms with Gasteiger partial charge in [-0.05, 0) is 24.1 Å². The molecule has 0 aromatic heterocycles. The molecule has 0 radical (unpaired) electrons. The van der Waals surface area contributed by atoms with Crippen LogP contribution in [0.2, 0.25) is 0 Å². The van der Waals surface area contributed by atoms with Gasteiger partial charge in [-0.3, -0.25) is 4.79 Å². The van der Waals surface area contributed by atoms with Crippen LogP contribution in [0.1, 0.15) is 31.7 Å². The van der Waals surface area contributed by atoms with E-state index in [-0.39, 0.29) is 12.4 Å². The van der Waals surface area contributed by atoms with E-state index in [0.717, 1.165) is 22.9 Å². The summed E-state index contributed by atoms with van der Waals surface area (Å²) in [4.78, 5) is 11.3. The van der Waals surface area contributed by atoms with Crippen LogP contribution in [0.4, 0.5) is 0 Å². The molecule has 0 saturated heterocycles. The molecule has 1 aromatic carbocycles. The molecule has 5 heteroatoms. The summed E-state index contributed by atoms with van der Waals surface area (Å²) in [5.74, 6) is -0.925. The van der Waals surface area contributed by atoms with Crippen molar-refractivity contribution in [3.63, 3.8) is 0 Å². The number of nitrogens with two attached hydrogens (primary N) is 1. The monoisotopic (exact) mass is 335 g/mol. The van der Waals surface area contributed by atoms with Crippen LogP contribution in [0.25, 0.3) is 0 Å². The van der Waals surface area contributed by atoms with Crippen molar-refractivity contribution in [3.8, 4) is 0 Å². The van der Waals surface area contributed by atoms with Crippen LogP contribution in [0.3, 0.4) is 0 Å². The zero-order chi connectivity index (χ0) is 12.9. The molecular weight excluding hydrogens is 318 g/mol. The summed E-state index contributed by atoms with van der Waals surface area (Å²) in [6, 6.07) is 7.62. The fourth-order valence-electron chi connectivity index (χ4n) is 1.77. The highest BCUT2D eigenvalue weighted by atomic mass is 79.9. The number of aliphatic carboxylic acids is 1. The molecule has 0 amide bonds. The van der Waals surface area contributed by atoms with E-state index in [0.29, 0.717) is 12.8 Å². The van der Waals surface area contributed by atoms with Gasteiger partial charge in [0.1, 0.15) is 5.54 Å². The van der Waals surface area contributed by atoms with E-state index in [1.165, 1.54) is 0 Å². The van der Waals surface area contributed by atoms with Gasteiger partial charge in [-0.1, -0.05) is 47.8 Å². The van der Waals surface area contributed by atoms with E-state index >= 15 is 0 Å². The van der Waals surface area contributed by atoms with Crippen LogP contribution in [0.5, 0.6) is 0 Å². The van der Waals surface area contributed by atoms with Crippen molar-refractivity contribution in [1.82, 2.24) is 0 Å². The first-order valence-electron chi connectivity index (χ1n) is 5.74. The summed E-state index contributed by atoms with van der Waals surface area (Å²) in [5, 5.41) is 9.25. The molecule has 1 rings (SSSR count). The number of benzene rings is 1. The summed E-state index contributed by atoms with van der Waals surface area (Å²) in [6.07, 6.45) is 2.65. The molecule has 0 unspecified atom stereocenters. The van der Waals surface area contributed by atoms with Crippen LogP contribution < -0.4 is 5.73 Å². The van der Waals surface area contributed by atoms with E-state index < -0.39 is 11.5 Å². The summed E-state index contributed by atoms with van der Waals surface area (Å²) < 4.78 is 0.943. The molecule has 0 aliphatic carbocycles. The van der Waals surface area contributed by atoms with E-state index in [2.05, 4.69) is 15.9 Å². The molecule has 0 aliphatic rings. The molecule has 3 N–H and O–H groups in total. The number of hydrogen-bond donors (Lipinski definition) is 2. The minimum atomic E-state index is -1.16. The van der Waals surface area contributed by atoms with Crippen molar-refractivity contribution < 1.29 is 9.90 Å². The van der Waals surface area contributed by atoms with Crippen molar-refractivity contribution >= 4 is 34.3 Å². The maximum atomic E-state index is 11.3. The Hall–Kier alpha value is -0.580. The summed E-state index contributed by atoms with van der Waals surface area (Å²) in [5.41, 5.74) is 5.78. The third kappa shape index (κ3) is 4.96. The maximum Gasteiger partial charge on any atom is 0.324 e. The number of carboxylic acids is 1. The third-order valence-corrected chi connectivity index (χ3v) is 3.30. The average Bonchev–Trinajstić information content (AvgIpc) is 2.26. The Morgan fingerprint density at radius 2 is 2.17 bits per heavy atom. The molecule has 0 fully saturated rings. The van der Waals surface area contributed by atoms with E-state index in [9.17, 15) is 9.90 Å². The predicted octanol–water partition coefficient (Wildman–Crippen LogP) is 3.39. The van der Waals surface area contributed by atoms with Crippen molar-refractivity contribution in [2.45, 2.75) is 38.1 Å². The normalized spacial score (nSPS) is 13.5. The lowest BCUT2D eigenvalue weighted by Crippen LogP contribution is -2.49. The zero-order valence-electron chi connectivity index (χ0n) is 10.4. The number of unbranched alkanes of at least 4 members (excludes halogenated alkanes) is 1. The van der Waals surface area contributed by atoms with Crippen LogP contribution in [0, 0.1) is 0 Å². The van der Waals surface area contributed by atoms with Gasteiger partial charge in [0.25, 0.3) is 0 Å². The van der Waals surface area contributed by atoms with Crippen molar-refractivity contribution in [1.29, 1.82) is 0 Å². The van der Waals surface area contributed by atoms with E-state index in [1.54, 1.807) is 0 Å². The molecule has 3 nitrogen and oxygen atoms in total. The Morgan fingerprint density at radius 1 is 1.50 bits per heavy atom. The lowest BCUT2D eigenvalue weighted by molar-refractivity contribution is -0.143. The highest BCUT2D eigenvalue weighted by molar-refractivity contribution is 9.10. The largest absolute Gasteiger partial charge is 0.480 e. The van der Waals surface area contributed by atoms with Gasteiger partial charge in [-0.25, -0.2) is 0 Å². The summed E-state index contributed by atoms with van der Waals surface area (Å²) in [7, 11) is 0. The minimum absolute atomic E-state index is 0. The predicted molar refractivity (Wildman–Crippen MR) is 79.2 cm³/mol. The fraction of sp³-hybridized carbons (Fsp3) is 0.462. The first kappa shape index (κ1) is 17.4. The smallest absolute Gasteiger partial charge is 0.324 e. The number of hydrogen-bond acceptors (Lipinski definition) is 2. The highest BCUT2D eigenvalue weighted by Crippen LogP contribution is 2.20. The van der Waals surface area contributed by atoms with Gasteiger partial charge in [0, 0.05) is 10.9 Å². The second-order valence-electron chi connectivity index (χ2n) is 4.37. The first-order chi connectivity index (χ1) is 7.98. The van der Waals surface area contributed by atoms with Gasteiger partial charge < -0.3 is 10.8 Å². The Bertz CT molecular complexity index is 400. The Kier molecular flexibility index (Phi) is 7.52. The zero-order valence-corrected chi connectivity index (χ0v) is 12.8. The standard InChI is InChI=1S/C13H18BrNO2.ClH/c1-2-3-7-13(15,12(16)17)9-10-5-4-6-11(14)8-10;/h4-6,8H,2-3,7,9,15H2,1H3,(H,16,17);1H/t13-;/m1./s1. The van der Waals surface area contributed by atoms with Gasteiger partial charge in [0.15, 0.2) is 0 Å². The molecular formula is C13H19BrClNO2. The van der Waals surface area contributed by atoms with E-state index in [4.69, 9.17) is 5.73 Å². The second kappa shape index (κ2) is 7.77. The molecule has 1 aromatic rings. The van der Waals surface area contributed by atoms with Crippen LogP contribution >= 0.6 is 28.3 Å². The van der Waals surface area contributed by atoms with Crippen LogP contribution in [-0.2, 0) is 11.2 Å². The van der Waals surface area contributed by atoms with Crippen molar-refractivity contribution in [2.75, 3.05) is 0 Å². The number of carboxylic acid groups (broad SMARTS) is 1. The topological polar surface area (TPSA) is 63.3 Å². The molecule has 18 heavy (non-hydrogen) atoms. The number of halogens is 2. The summed E-state index contributed by atoms with van der Waals surface area (Å²) >= 11 is 3.37. The van der Waals surface area contributed by atoms with Gasteiger partial charge >= 0.3 is 5.97 Å². The van der Waals surface area contributed by atoms with E-state index in [1.807, 2.05) is 31.2 Å². The Labute approximate surface area is 122 Å². The summed E-state index contributed by atoms with van der Waals surface area (Å²) in [6.45, 7) is 2.03. The second-order valence-corrected chi connectivity index (χ2v) is 5.29. The quantitative estimate of drug-likeness (QED) is 0.837. The van der Waals surface area contributed by atoms with Crippen LogP contribution in [-0.4, -0.2) is 16.6 Å². The maximum absolute atomic E-state index is 11.3. The van der Waals surface area contributed by atoms with Gasteiger partial charge in [-0.15, -0.1) is 12.4 Å². The third-order valence-electron chi connectivity index (χ3n) is 2.81. The SMILES string of the molecule is CCCC[C@@](N)(Cc1cccc(Br)c1)C(=O)O.Cl. The average molecular weight is 337 g/mol. The molecule has 0 spiro atoms. The van der Waals surface area contributed by atoms with Crippen molar-refractivity contribution in [2.24, 2.45) is 5.73 Å². The van der Waals surface area contributed by atoms with Gasteiger partial charge in [0.2, 0.25) is 0 Å². The minimum Gasteiger partial charge on any atom is -0.480 e. The van der Waals surface area contributed by atoms with Gasteiger partial charge in [-0.2, -0.15) is 0 Å². The molecule has 1 atom stereocenters. The number of carbonyl (C=O) groups is 1. The van der Waals surface area contributed by atoms with Gasteiger partial charge in [0.05, 0.1) is 0 Å². The first-order valence-corrected chi connectivity index (χ1v) is 6.54. The van der Waals surface area contributed by atoms with Crippen molar-refractivity contribution in [3.05, 3.63) is 34.3 Å². The number of rotatable bonds is 6. The molecule has 102 valence electrons. The molecule has 0 heterocycles.